The van der Waals surface area contributed by atoms with Crippen molar-refractivity contribution >= 4 is 17.9 Å². The quantitative estimate of drug-likeness (QED) is 0.335. The molecule has 1 fully saturated rings. The lowest BCUT2D eigenvalue weighted by Gasteiger charge is -2.40. The van der Waals surface area contributed by atoms with Crippen molar-refractivity contribution in [1.82, 2.24) is 0 Å². The summed E-state index contributed by atoms with van der Waals surface area (Å²) in [5.74, 6) is -3.31. The molecule has 0 N–H and O–H groups in total. The number of ether oxygens (including phenoxy) is 4. The van der Waals surface area contributed by atoms with Gasteiger partial charge in [0, 0.05) is 5.56 Å². The highest BCUT2D eigenvalue weighted by Crippen LogP contribution is 2.68. The van der Waals surface area contributed by atoms with Gasteiger partial charge in [0.15, 0.2) is 5.60 Å². The Balaban J connectivity index is 1.93. The molecule has 0 radical (unpaired) electrons. The number of benzene rings is 3. The average molecular weight is 458 g/mol. The Hall–Kier alpha value is -3.97. The maximum Gasteiger partial charge on any atom is 0.343 e. The van der Waals surface area contributed by atoms with Crippen LogP contribution < -0.4 is 4.74 Å². The standard InChI is InChI=1S/C27H22O7/c1-31-23(28)26-21(19-15-9-10-16-20(19)33-24(26)29)27(25(30)32-2,18-13-7-4-8-14-18)34-22(26)17-11-5-3-6-12-17/h3-16,21-22H,1-2H3. The summed E-state index contributed by atoms with van der Waals surface area (Å²) >= 11 is 0. The van der Waals surface area contributed by atoms with Gasteiger partial charge >= 0.3 is 17.9 Å². The first kappa shape index (κ1) is 21.9. The minimum Gasteiger partial charge on any atom is -0.468 e. The van der Waals surface area contributed by atoms with E-state index in [0.29, 0.717) is 16.7 Å². The lowest BCUT2D eigenvalue weighted by molar-refractivity contribution is -0.175. The number of methoxy groups -OCH3 is 2. The predicted octanol–water partition coefficient (Wildman–Crippen LogP) is 3.69. The van der Waals surface area contributed by atoms with Gasteiger partial charge in [-0.2, -0.15) is 0 Å². The van der Waals surface area contributed by atoms with Crippen LogP contribution in [0.4, 0.5) is 0 Å². The molecule has 0 aromatic heterocycles. The van der Waals surface area contributed by atoms with Crippen molar-refractivity contribution in [2.24, 2.45) is 5.41 Å². The maximum absolute atomic E-state index is 13.8. The number of hydrogen-bond acceptors (Lipinski definition) is 7. The van der Waals surface area contributed by atoms with Gasteiger partial charge in [-0.05, 0) is 17.2 Å². The predicted molar refractivity (Wildman–Crippen MR) is 120 cm³/mol. The number of para-hydroxylation sites is 1. The van der Waals surface area contributed by atoms with Crippen molar-refractivity contribution in [2.45, 2.75) is 17.6 Å². The van der Waals surface area contributed by atoms with Crippen LogP contribution >= 0.6 is 0 Å². The first-order valence-electron chi connectivity index (χ1n) is 10.8. The van der Waals surface area contributed by atoms with Gasteiger partial charge in [0.05, 0.1) is 20.1 Å². The van der Waals surface area contributed by atoms with E-state index < -0.39 is 40.9 Å². The molecule has 0 amide bonds. The fourth-order valence-corrected chi connectivity index (χ4v) is 5.30. The highest BCUT2D eigenvalue weighted by molar-refractivity contribution is 6.07. The fourth-order valence-electron chi connectivity index (χ4n) is 5.30. The molecule has 5 rings (SSSR count). The van der Waals surface area contributed by atoms with Crippen LogP contribution in [0.5, 0.6) is 5.75 Å². The Morgan fingerprint density at radius 3 is 2.03 bits per heavy atom. The maximum atomic E-state index is 13.8. The molecule has 0 bridgehead atoms. The minimum absolute atomic E-state index is 0.249. The summed E-state index contributed by atoms with van der Waals surface area (Å²) in [5.41, 5.74) is -2.39. The summed E-state index contributed by atoms with van der Waals surface area (Å²) in [7, 11) is 2.45. The van der Waals surface area contributed by atoms with E-state index in [4.69, 9.17) is 18.9 Å². The Morgan fingerprint density at radius 2 is 1.38 bits per heavy atom. The molecule has 172 valence electrons. The average Bonchev–Trinajstić information content (AvgIpc) is 3.23. The van der Waals surface area contributed by atoms with E-state index in [1.54, 1.807) is 84.9 Å². The van der Waals surface area contributed by atoms with Crippen LogP contribution in [0, 0.1) is 5.41 Å². The molecule has 2 aliphatic heterocycles. The molecule has 0 aliphatic carbocycles. The van der Waals surface area contributed by atoms with Gasteiger partial charge in [-0.3, -0.25) is 9.59 Å². The highest BCUT2D eigenvalue weighted by atomic mass is 16.6. The van der Waals surface area contributed by atoms with Gasteiger partial charge in [0.1, 0.15) is 11.9 Å². The third-order valence-electron chi connectivity index (χ3n) is 6.67. The van der Waals surface area contributed by atoms with E-state index in [2.05, 4.69) is 0 Å². The Kier molecular flexibility index (Phi) is 5.21. The van der Waals surface area contributed by atoms with Crippen molar-refractivity contribution in [3.05, 3.63) is 102 Å². The summed E-state index contributed by atoms with van der Waals surface area (Å²) in [4.78, 5) is 41.2. The number of rotatable bonds is 4. The first-order valence-corrected chi connectivity index (χ1v) is 10.8. The lowest BCUT2D eigenvalue weighted by Crippen LogP contribution is -2.54. The number of hydrogen-bond donors (Lipinski definition) is 0. The second kappa shape index (κ2) is 8.11. The molecule has 2 heterocycles. The van der Waals surface area contributed by atoms with E-state index in [9.17, 15) is 14.4 Å². The fraction of sp³-hybridized carbons (Fsp3) is 0.222. The topological polar surface area (TPSA) is 88.1 Å². The third-order valence-corrected chi connectivity index (χ3v) is 6.67. The number of carbonyl (C=O) groups is 3. The molecule has 0 saturated carbocycles. The molecule has 0 spiro atoms. The molecule has 4 unspecified atom stereocenters. The van der Waals surface area contributed by atoms with E-state index in [0.717, 1.165) is 0 Å². The van der Waals surface area contributed by atoms with E-state index in [1.807, 2.05) is 0 Å². The summed E-state index contributed by atoms with van der Waals surface area (Å²) in [6.07, 6.45) is -1.19. The van der Waals surface area contributed by atoms with Crippen LogP contribution in [-0.4, -0.2) is 32.1 Å². The van der Waals surface area contributed by atoms with E-state index >= 15 is 0 Å². The van der Waals surface area contributed by atoms with Crippen LogP contribution in [0.15, 0.2) is 84.9 Å². The minimum atomic E-state index is -2.01. The number of carbonyl (C=O) groups excluding carboxylic acids is 3. The van der Waals surface area contributed by atoms with Crippen molar-refractivity contribution in [3.63, 3.8) is 0 Å². The molecule has 3 aromatic rings. The van der Waals surface area contributed by atoms with Crippen LogP contribution in [0.3, 0.4) is 0 Å². The van der Waals surface area contributed by atoms with Crippen molar-refractivity contribution in [2.75, 3.05) is 14.2 Å². The van der Waals surface area contributed by atoms with E-state index in [-0.39, 0.29) is 5.75 Å². The van der Waals surface area contributed by atoms with Gasteiger partial charge < -0.3 is 18.9 Å². The molecule has 3 aromatic carbocycles. The molecule has 1 saturated heterocycles. The van der Waals surface area contributed by atoms with Crippen LogP contribution in [0.2, 0.25) is 0 Å². The van der Waals surface area contributed by atoms with Gasteiger partial charge in [-0.25, -0.2) is 4.79 Å². The molecular formula is C27H22O7. The highest BCUT2D eigenvalue weighted by Gasteiger charge is 2.78. The zero-order valence-corrected chi connectivity index (χ0v) is 18.6. The number of esters is 3. The van der Waals surface area contributed by atoms with Gasteiger partial charge in [-0.15, -0.1) is 0 Å². The van der Waals surface area contributed by atoms with Gasteiger partial charge in [-0.1, -0.05) is 78.9 Å². The largest absolute Gasteiger partial charge is 0.468 e. The molecule has 34 heavy (non-hydrogen) atoms. The first-order chi connectivity index (χ1) is 16.5. The molecule has 7 nitrogen and oxygen atoms in total. The van der Waals surface area contributed by atoms with E-state index in [1.165, 1.54) is 14.2 Å². The Labute approximate surface area is 196 Å². The van der Waals surface area contributed by atoms with Crippen molar-refractivity contribution in [1.29, 1.82) is 0 Å². The second-order valence-electron chi connectivity index (χ2n) is 8.22. The summed E-state index contributed by atoms with van der Waals surface area (Å²) in [6.45, 7) is 0. The van der Waals surface area contributed by atoms with Gasteiger partial charge in [0.2, 0.25) is 5.41 Å². The lowest BCUT2D eigenvalue weighted by atomic mass is 9.60. The summed E-state index contributed by atoms with van der Waals surface area (Å²) in [5, 5.41) is 0. The van der Waals surface area contributed by atoms with Crippen molar-refractivity contribution in [3.8, 4) is 5.75 Å². The smallest absolute Gasteiger partial charge is 0.343 e. The Morgan fingerprint density at radius 1 is 0.794 bits per heavy atom. The zero-order valence-electron chi connectivity index (χ0n) is 18.6. The molecule has 4 atom stereocenters. The zero-order chi connectivity index (χ0) is 23.9. The molecule has 7 heteroatoms. The monoisotopic (exact) mass is 458 g/mol. The third kappa shape index (κ3) is 2.77. The second-order valence-corrected chi connectivity index (χ2v) is 8.22. The number of fused-ring (bicyclic) bond motifs is 3. The van der Waals surface area contributed by atoms with Gasteiger partial charge in [0.25, 0.3) is 0 Å². The van der Waals surface area contributed by atoms with Crippen LogP contribution in [-0.2, 0) is 34.2 Å². The summed E-state index contributed by atoms with van der Waals surface area (Å²) < 4.78 is 22.8. The van der Waals surface area contributed by atoms with Crippen LogP contribution in [0.25, 0.3) is 0 Å². The SMILES string of the molecule is COC(=O)C1(c2ccccc2)OC(c2ccccc2)C2(C(=O)OC)C(=O)Oc3ccccc3C12. The van der Waals surface area contributed by atoms with Crippen LogP contribution in [0.1, 0.15) is 28.7 Å². The Bertz CT molecular complexity index is 1260. The normalized spacial score (nSPS) is 27.2. The van der Waals surface area contributed by atoms with Crippen molar-refractivity contribution < 1.29 is 33.3 Å². The molecular weight excluding hydrogens is 436 g/mol. The molecule has 2 aliphatic rings. The summed E-state index contributed by atoms with van der Waals surface area (Å²) in [6, 6.07) is 24.4.